The van der Waals surface area contributed by atoms with Crippen LogP contribution in [0.1, 0.15) is 37.8 Å². The number of nitrogens with one attached hydrogen (secondary N) is 1. The molecule has 2 unspecified atom stereocenters. The molecule has 0 saturated carbocycles. The second kappa shape index (κ2) is 12.4. The Labute approximate surface area is 190 Å². The summed E-state index contributed by atoms with van der Waals surface area (Å²) in [7, 11) is 0. The van der Waals surface area contributed by atoms with E-state index < -0.39 is 0 Å². The van der Waals surface area contributed by atoms with E-state index in [4.69, 9.17) is 9.47 Å². The highest BCUT2D eigenvalue weighted by atomic mass is 16.5. The van der Waals surface area contributed by atoms with Gasteiger partial charge in [0.05, 0.1) is 18.8 Å². The third kappa shape index (κ3) is 7.77. The zero-order valence-corrected chi connectivity index (χ0v) is 19.1. The number of benzene rings is 2. The quantitative estimate of drug-likeness (QED) is 0.583. The SMILES string of the molecule is CCC(NC(=O)COc1ccc(CCC(C)=O)cc1)C1CN(Cc2ccccc2)CCO1. The zero-order valence-electron chi connectivity index (χ0n) is 19.1. The Morgan fingerprint density at radius 2 is 1.88 bits per heavy atom. The van der Waals surface area contributed by atoms with E-state index in [1.165, 1.54) is 5.56 Å². The van der Waals surface area contributed by atoms with E-state index in [1.807, 2.05) is 30.3 Å². The van der Waals surface area contributed by atoms with Crippen molar-refractivity contribution in [3.63, 3.8) is 0 Å². The fourth-order valence-electron chi connectivity index (χ4n) is 3.89. The number of rotatable bonds is 11. The first-order chi connectivity index (χ1) is 15.5. The minimum absolute atomic E-state index is 0.0380. The number of carbonyl (C=O) groups is 2. The van der Waals surface area contributed by atoms with E-state index in [-0.39, 0.29) is 30.4 Å². The zero-order chi connectivity index (χ0) is 22.8. The molecule has 6 nitrogen and oxygen atoms in total. The molecule has 1 saturated heterocycles. The second-order valence-corrected chi connectivity index (χ2v) is 8.35. The van der Waals surface area contributed by atoms with E-state index in [0.717, 1.165) is 38.0 Å². The number of hydrogen-bond donors (Lipinski definition) is 1. The monoisotopic (exact) mass is 438 g/mol. The largest absolute Gasteiger partial charge is 0.484 e. The van der Waals surface area contributed by atoms with Gasteiger partial charge in [0.2, 0.25) is 0 Å². The molecular formula is C26H34N2O4. The average Bonchev–Trinajstić information content (AvgIpc) is 2.81. The summed E-state index contributed by atoms with van der Waals surface area (Å²) >= 11 is 0. The Bertz CT molecular complexity index is 854. The maximum atomic E-state index is 12.5. The van der Waals surface area contributed by atoms with Gasteiger partial charge in [-0.05, 0) is 43.0 Å². The molecule has 32 heavy (non-hydrogen) atoms. The third-order valence-electron chi connectivity index (χ3n) is 5.72. The molecule has 1 fully saturated rings. The van der Waals surface area contributed by atoms with Crippen LogP contribution in [0.4, 0.5) is 0 Å². The van der Waals surface area contributed by atoms with Gasteiger partial charge in [-0.3, -0.25) is 9.69 Å². The van der Waals surface area contributed by atoms with E-state index in [0.29, 0.717) is 18.8 Å². The van der Waals surface area contributed by atoms with Crippen molar-refractivity contribution in [1.29, 1.82) is 0 Å². The van der Waals surface area contributed by atoms with Gasteiger partial charge in [0.25, 0.3) is 5.91 Å². The van der Waals surface area contributed by atoms with Crippen LogP contribution < -0.4 is 10.1 Å². The van der Waals surface area contributed by atoms with Gasteiger partial charge < -0.3 is 19.6 Å². The molecule has 1 N–H and O–H groups in total. The third-order valence-corrected chi connectivity index (χ3v) is 5.72. The summed E-state index contributed by atoms with van der Waals surface area (Å²) < 4.78 is 11.6. The minimum atomic E-state index is -0.152. The Hall–Kier alpha value is -2.70. The molecule has 1 aliphatic rings. The number of nitrogens with zero attached hydrogens (tertiary/aromatic N) is 1. The van der Waals surface area contributed by atoms with Crippen molar-refractivity contribution < 1.29 is 19.1 Å². The molecule has 0 aromatic heterocycles. The highest BCUT2D eigenvalue weighted by molar-refractivity contribution is 5.78. The van der Waals surface area contributed by atoms with Crippen LogP contribution in [0.5, 0.6) is 5.75 Å². The molecule has 1 aliphatic heterocycles. The number of hydrogen-bond acceptors (Lipinski definition) is 5. The van der Waals surface area contributed by atoms with Gasteiger partial charge in [-0.25, -0.2) is 0 Å². The van der Waals surface area contributed by atoms with Crippen molar-refractivity contribution in [1.82, 2.24) is 10.2 Å². The molecule has 0 radical (unpaired) electrons. The molecule has 0 spiro atoms. The van der Waals surface area contributed by atoms with Crippen LogP contribution in [0.2, 0.25) is 0 Å². The first-order valence-corrected chi connectivity index (χ1v) is 11.4. The summed E-state index contributed by atoms with van der Waals surface area (Å²) in [6.07, 6.45) is 2.01. The van der Waals surface area contributed by atoms with Gasteiger partial charge in [0.15, 0.2) is 6.61 Å². The van der Waals surface area contributed by atoms with Gasteiger partial charge in [-0.1, -0.05) is 49.4 Å². The molecule has 3 rings (SSSR count). The molecule has 6 heteroatoms. The van der Waals surface area contributed by atoms with Crippen LogP contribution in [0.25, 0.3) is 0 Å². The number of carbonyl (C=O) groups excluding carboxylic acids is 2. The fraction of sp³-hybridized carbons (Fsp3) is 0.462. The first kappa shape index (κ1) is 24.0. The molecule has 0 bridgehead atoms. The average molecular weight is 439 g/mol. The molecule has 2 aromatic carbocycles. The number of aryl methyl sites for hydroxylation is 1. The lowest BCUT2D eigenvalue weighted by atomic mass is 10.1. The van der Waals surface area contributed by atoms with Crippen LogP contribution in [0.3, 0.4) is 0 Å². The Morgan fingerprint density at radius 1 is 1.12 bits per heavy atom. The summed E-state index contributed by atoms with van der Waals surface area (Å²) in [6, 6.07) is 17.9. The number of Topliss-reactive ketones (excluding diaryl/α,β-unsaturated/α-hetero) is 1. The second-order valence-electron chi connectivity index (χ2n) is 8.35. The summed E-state index contributed by atoms with van der Waals surface area (Å²) in [5.74, 6) is 0.668. The van der Waals surface area contributed by atoms with E-state index >= 15 is 0 Å². The Kier molecular flexibility index (Phi) is 9.26. The van der Waals surface area contributed by atoms with Crippen LogP contribution in [0.15, 0.2) is 54.6 Å². The van der Waals surface area contributed by atoms with Gasteiger partial charge in [-0.2, -0.15) is 0 Å². The lowest BCUT2D eigenvalue weighted by Crippen LogP contribution is -2.53. The summed E-state index contributed by atoms with van der Waals surface area (Å²) in [5, 5.41) is 3.08. The van der Waals surface area contributed by atoms with Crippen molar-refractivity contribution in [2.75, 3.05) is 26.3 Å². The lowest BCUT2D eigenvalue weighted by molar-refractivity contribution is -0.126. The van der Waals surface area contributed by atoms with Crippen molar-refractivity contribution in [2.24, 2.45) is 0 Å². The number of ether oxygens (including phenoxy) is 2. The van der Waals surface area contributed by atoms with Gasteiger partial charge in [-0.15, -0.1) is 0 Å². The van der Waals surface area contributed by atoms with Crippen molar-refractivity contribution in [3.05, 3.63) is 65.7 Å². The highest BCUT2D eigenvalue weighted by Crippen LogP contribution is 2.16. The van der Waals surface area contributed by atoms with E-state index in [9.17, 15) is 9.59 Å². The topological polar surface area (TPSA) is 67.9 Å². The van der Waals surface area contributed by atoms with Crippen LogP contribution in [0, 0.1) is 0 Å². The summed E-state index contributed by atoms with van der Waals surface area (Å²) in [6.45, 7) is 6.85. The predicted octanol–water partition coefficient (Wildman–Crippen LogP) is 3.38. The van der Waals surface area contributed by atoms with Crippen LogP contribution in [-0.2, 0) is 27.3 Å². The molecule has 1 heterocycles. The molecule has 0 aliphatic carbocycles. The number of amides is 1. The van der Waals surface area contributed by atoms with Crippen molar-refractivity contribution in [2.45, 2.75) is 51.8 Å². The maximum Gasteiger partial charge on any atom is 0.258 e. The van der Waals surface area contributed by atoms with Crippen LogP contribution in [-0.4, -0.2) is 55.0 Å². The predicted molar refractivity (Wildman–Crippen MR) is 125 cm³/mol. The lowest BCUT2D eigenvalue weighted by Gasteiger charge is -2.37. The molecule has 172 valence electrons. The van der Waals surface area contributed by atoms with E-state index in [2.05, 4.69) is 41.4 Å². The number of ketones is 1. The maximum absolute atomic E-state index is 12.5. The van der Waals surface area contributed by atoms with Crippen LogP contribution >= 0.6 is 0 Å². The van der Waals surface area contributed by atoms with Gasteiger partial charge in [0, 0.05) is 26.1 Å². The van der Waals surface area contributed by atoms with Gasteiger partial charge >= 0.3 is 0 Å². The Balaban J connectivity index is 1.45. The summed E-state index contributed by atoms with van der Waals surface area (Å²) in [4.78, 5) is 26.0. The highest BCUT2D eigenvalue weighted by Gasteiger charge is 2.28. The van der Waals surface area contributed by atoms with Gasteiger partial charge in [0.1, 0.15) is 11.5 Å². The van der Waals surface area contributed by atoms with Crippen molar-refractivity contribution >= 4 is 11.7 Å². The fourth-order valence-corrected chi connectivity index (χ4v) is 3.89. The molecule has 2 aromatic rings. The minimum Gasteiger partial charge on any atom is -0.484 e. The standard InChI is InChI=1S/C26H34N2O4/c1-3-24(25-18-28(15-16-31-25)17-22-7-5-4-6-8-22)27-26(30)19-32-23-13-11-21(12-14-23)10-9-20(2)29/h4-8,11-14,24-25H,3,9-10,15-19H2,1-2H3,(H,27,30). The smallest absolute Gasteiger partial charge is 0.258 e. The number of morpholine rings is 1. The van der Waals surface area contributed by atoms with Crippen molar-refractivity contribution in [3.8, 4) is 5.75 Å². The molecular weight excluding hydrogens is 404 g/mol. The normalized spacial score (nSPS) is 17.5. The Morgan fingerprint density at radius 3 is 2.56 bits per heavy atom. The summed E-state index contributed by atoms with van der Waals surface area (Å²) in [5.41, 5.74) is 2.36. The van der Waals surface area contributed by atoms with E-state index in [1.54, 1.807) is 6.92 Å². The molecule has 1 amide bonds. The molecule has 2 atom stereocenters. The first-order valence-electron chi connectivity index (χ1n) is 11.4.